The second-order valence-electron chi connectivity index (χ2n) is 5.80. The summed E-state index contributed by atoms with van der Waals surface area (Å²) in [5.74, 6) is 1.74. The van der Waals surface area contributed by atoms with Gasteiger partial charge in [-0.1, -0.05) is 13.8 Å². The van der Waals surface area contributed by atoms with E-state index in [0.29, 0.717) is 12.1 Å². The molecule has 0 unspecified atom stereocenters. The fourth-order valence-electron chi connectivity index (χ4n) is 2.47. The van der Waals surface area contributed by atoms with Crippen LogP contribution < -0.4 is 0 Å². The number of aromatic nitrogens is 2. The minimum Gasteiger partial charge on any atom is -0.424 e. The molecule has 1 aromatic rings. The first-order chi connectivity index (χ1) is 9.08. The van der Waals surface area contributed by atoms with Gasteiger partial charge in [0.15, 0.2) is 0 Å². The summed E-state index contributed by atoms with van der Waals surface area (Å²) in [7, 11) is 0. The zero-order valence-electron chi connectivity index (χ0n) is 12.4. The highest BCUT2D eigenvalue weighted by atomic mass is 16.5. The van der Waals surface area contributed by atoms with Crippen LogP contribution in [0.5, 0.6) is 0 Å². The number of ether oxygens (including phenoxy) is 1. The average molecular weight is 267 g/mol. The Labute approximate surface area is 115 Å². The third kappa shape index (κ3) is 3.76. The van der Waals surface area contributed by atoms with E-state index in [1.807, 2.05) is 0 Å². The minimum atomic E-state index is 0.289. The Balaban J connectivity index is 2.02. The summed E-state index contributed by atoms with van der Waals surface area (Å²) in [6, 6.07) is 1.03. The molecule has 0 N–H and O–H groups in total. The van der Waals surface area contributed by atoms with Crippen LogP contribution in [0.1, 0.15) is 58.2 Å². The molecule has 0 amide bonds. The molecule has 19 heavy (non-hydrogen) atoms. The second kappa shape index (κ2) is 6.48. The van der Waals surface area contributed by atoms with Gasteiger partial charge in [-0.05, 0) is 26.7 Å². The van der Waals surface area contributed by atoms with Crippen molar-refractivity contribution >= 4 is 0 Å². The lowest BCUT2D eigenvalue weighted by Gasteiger charge is -2.36. The van der Waals surface area contributed by atoms with Crippen LogP contribution in [-0.4, -0.2) is 40.4 Å². The van der Waals surface area contributed by atoms with Gasteiger partial charge in [-0.2, -0.15) is 0 Å². The molecule has 1 aromatic heterocycles. The minimum absolute atomic E-state index is 0.289. The first kappa shape index (κ1) is 14.5. The van der Waals surface area contributed by atoms with Gasteiger partial charge < -0.3 is 9.15 Å². The van der Waals surface area contributed by atoms with E-state index in [9.17, 15) is 0 Å². The molecule has 2 heterocycles. The van der Waals surface area contributed by atoms with Crippen LogP contribution in [0, 0.1) is 0 Å². The van der Waals surface area contributed by atoms with Crippen LogP contribution in [0.4, 0.5) is 0 Å². The van der Waals surface area contributed by atoms with Gasteiger partial charge in [0.2, 0.25) is 11.8 Å². The SMILES string of the molecule is CC(C)c1nnc(CN(C(C)C)C2CCOCC2)o1. The van der Waals surface area contributed by atoms with Crippen molar-refractivity contribution in [2.45, 2.75) is 65.1 Å². The zero-order chi connectivity index (χ0) is 13.8. The number of rotatable bonds is 5. The zero-order valence-corrected chi connectivity index (χ0v) is 12.4. The fraction of sp³-hybridized carbons (Fsp3) is 0.857. The van der Waals surface area contributed by atoms with Crippen molar-refractivity contribution in [2.75, 3.05) is 13.2 Å². The summed E-state index contributed by atoms with van der Waals surface area (Å²) in [4.78, 5) is 2.44. The molecule has 2 rings (SSSR count). The van der Waals surface area contributed by atoms with Gasteiger partial charge in [-0.25, -0.2) is 0 Å². The molecule has 5 heteroatoms. The molecular weight excluding hydrogens is 242 g/mol. The van der Waals surface area contributed by atoms with Gasteiger partial charge in [0.1, 0.15) is 0 Å². The lowest BCUT2D eigenvalue weighted by Crippen LogP contribution is -2.43. The molecule has 0 aromatic carbocycles. The molecule has 0 bridgehead atoms. The second-order valence-corrected chi connectivity index (χ2v) is 5.80. The van der Waals surface area contributed by atoms with E-state index < -0.39 is 0 Å². The van der Waals surface area contributed by atoms with Crippen molar-refractivity contribution in [3.05, 3.63) is 11.8 Å². The third-order valence-corrected chi connectivity index (χ3v) is 3.62. The highest BCUT2D eigenvalue weighted by Crippen LogP contribution is 2.20. The molecule has 5 nitrogen and oxygen atoms in total. The highest BCUT2D eigenvalue weighted by Gasteiger charge is 2.25. The fourth-order valence-corrected chi connectivity index (χ4v) is 2.47. The maximum Gasteiger partial charge on any atom is 0.230 e. The van der Waals surface area contributed by atoms with Crippen molar-refractivity contribution in [1.82, 2.24) is 15.1 Å². The molecule has 108 valence electrons. The van der Waals surface area contributed by atoms with Gasteiger partial charge in [0.25, 0.3) is 0 Å². The Bertz CT molecular complexity index is 384. The Kier molecular flexibility index (Phi) is 4.93. The van der Waals surface area contributed by atoms with Gasteiger partial charge in [-0.15, -0.1) is 10.2 Å². The van der Waals surface area contributed by atoms with Crippen molar-refractivity contribution in [3.8, 4) is 0 Å². The number of hydrogen-bond donors (Lipinski definition) is 0. The molecule has 0 atom stereocenters. The first-order valence-corrected chi connectivity index (χ1v) is 7.23. The summed E-state index contributed by atoms with van der Waals surface area (Å²) in [5.41, 5.74) is 0. The summed E-state index contributed by atoms with van der Waals surface area (Å²) < 4.78 is 11.2. The summed E-state index contributed by atoms with van der Waals surface area (Å²) in [6.07, 6.45) is 2.17. The van der Waals surface area contributed by atoms with Gasteiger partial charge >= 0.3 is 0 Å². The van der Waals surface area contributed by atoms with E-state index >= 15 is 0 Å². The number of nitrogens with zero attached hydrogens (tertiary/aromatic N) is 3. The lowest BCUT2D eigenvalue weighted by molar-refractivity contribution is 0.0152. The topological polar surface area (TPSA) is 51.4 Å². The number of hydrogen-bond acceptors (Lipinski definition) is 5. The molecule has 0 spiro atoms. The summed E-state index contributed by atoms with van der Waals surface area (Å²) >= 11 is 0. The van der Waals surface area contributed by atoms with Crippen LogP contribution in [0.15, 0.2) is 4.42 Å². The Morgan fingerprint density at radius 1 is 1.16 bits per heavy atom. The Morgan fingerprint density at radius 2 is 1.84 bits per heavy atom. The highest BCUT2D eigenvalue weighted by molar-refractivity contribution is 4.89. The quantitative estimate of drug-likeness (QED) is 0.820. The molecule has 1 saturated heterocycles. The molecule has 1 aliphatic heterocycles. The normalized spacial score (nSPS) is 17.8. The predicted molar refractivity (Wildman–Crippen MR) is 72.9 cm³/mol. The first-order valence-electron chi connectivity index (χ1n) is 7.23. The van der Waals surface area contributed by atoms with Crippen molar-refractivity contribution in [2.24, 2.45) is 0 Å². The third-order valence-electron chi connectivity index (χ3n) is 3.62. The standard InChI is InChI=1S/C14H25N3O2/c1-10(2)14-16-15-13(19-14)9-17(11(3)4)12-5-7-18-8-6-12/h10-12H,5-9H2,1-4H3. The molecule has 0 aliphatic carbocycles. The van der Waals surface area contributed by atoms with E-state index in [0.717, 1.165) is 44.4 Å². The predicted octanol–water partition coefficient (Wildman–Crippen LogP) is 2.58. The van der Waals surface area contributed by atoms with E-state index in [2.05, 4.69) is 42.8 Å². The molecule has 0 saturated carbocycles. The van der Waals surface area contributed by atoms with E-state index in [1.54, 1.807) is 0 Å². The van der Waals surface area contributed by atoms with Crippen LogP contribution in [0.2, 0.25) is 0 Å². The van der Waals surface area contributed by atoms with E-state index in [4.69, 9.17) is 9.15 Å². The van der Waals surface area contributed by atoms with Crippen molar-refractivity contribution in [1.29, 1.82) is 0 Å². The van der Waals surface area contributed by atoms with Gasteiger partial charge in [-0.3, -0.25) is 4.90 Å². The Morgan fingerprint density at radius 3 is 2.37 bits per heavy atom. The maximum absolute atomic E-state index is 5.72. The van der Waals surface area contributed by atoms with Crippen LogP contribution in [-0.2, 0) is 11.3 Å². The van der Waals surface area contributed by atoms with E-state index in [-0.39, 0.29) is 5.92 Å². The molecular formula is C14H25N3O2. The largest absolute Gasteiger partial charge is 0.424 e. The van der Waals surface area contributed by atoms with Crippen molar-refractivity contribution in [3.63, 3.8) is 0 Å². The maximum atomic E-state index is 5.72. The smallest absolute Gasteiger partial charge is 0.230 e. The van der Waals surface area contributed by atoms with Gasteiger partial charge in [0.05, 0.1) is 6.54 Å². The summed E-state index contributed by atoms with van der Waals surface area (Å²) in [5, 5.41) is 8.27. The van der Waals surface area contributed by atoms with Crippen molar-refractivity contribution < 1.29 is 9.15 Å². The monoisotopic (exact) mass is 267 g/mol. The molecule has 0 radical (unpaired) electrons. The van der Waals surface area contributed by atoms with Gasteiger partial charge in [0, 0.05) is 31.2 Å². The van der Waals surface area contributed by atoms with Crippen LogP contribution in [0.3, 0.4) is 0 Å². The lowest BCUT2D eigenvalue weighted by atomic mass is 10.1. The summed E-state index contributed by atoms with van der Waals surface area (Å²) in [6.45, 7) is 11.0. The average Bonchev–Trinajstić information content (AvgIpc) is 2.85. The Hall–Kier alpha value is -0.940. The van der Waals surface area contributed by atoms with Crippen LogP contribution >= 0.6 is 0 Å². The molecule has 1 fully saturated rings. The molecule has 1 aliphatic rings. The van der Waals surface area contributed by atoms with E-state index in [1.165, 1.54) is 0 Å². The van der Waals surface area contributed by atoms with Crippen LogP contribution in [0.25, 0.3) is 0 Å².